The molecule has 2 aromatic rings. The number of rotatable bonds is 4. The zero-order valence-corrected chi connectivity index (χ0v) is 15.0. The average molecular weight is 355 g/mol. The molecule has 130 valence electrons. The van der Waals surface area contributed by atoms with E-state index in [9.17, 15) is 10.1 Å². The summed E-state index contributed by atoms with van der Waals surface area (Å²) < 4.78 is 0. The lowest BCUT2D eigenvalue weighted by Gasteiger charge is -2.35. The third-order valence-corrected chi connectivity index (χ3v) is 5.65. The Bertz CT molecular complexity index is 788. The predicted octanol–water partition coefficient (Wildman–Crippen LogP) is 1.88. The lowest BCUT2D eigenvalue weighted by molar-refractivity contribution is 0.0968. The molecule has 0 aliphatic carbocycles. The number of nitrogens with one attached hydrogen (secondary N) is 1. The van der Waals surface area contributed by atoms with Crippen LogP contribution in [0.2, 0.25) is 0 Å². The van der Waals surface area contributed by atoms with Crippen LogP contribution in [-0.4, -0.2) is 44.0 Å². The van der Waals surface area contributed by atoms with Crippen LogP contribution in [0.4, 0.5) is 10.7 Å². The molecule has 1 aromatic heterocycles. The minimum Gasteiger partial charge on any atom is -0.396 e. The van der Waals surface area contributed by atoms with Crippen LogP contribution < -0.4 is 16.0 Å². The lowest BCUT2D eigenvalue weighted by Crippen LogP contribution is -2.45. The molecule has 0 radical (unpaired) electrons. The molecule has 1 amide bonds. The van der Waals surface area contributed by atoms with E-state index in [4.69, 9.17) is 5.73 Å². The Morgan fingerprint density at radius 1 is 1.28 bits per heavy atom. The summed E-state index contributed by atoms with van der Waals surface area (Å²) in [7, 11) is 1.57. The van der Waals surface area contributed by atoms with Gasteiger partial charge in [-0.2, -0.15) is 5.26 Å². The minimum atomic E-state index is -0.243. The molecule has 0 atom stereocenters. The molecule has 3 N–H and O–H groups in total. The van der Waals surface area contributed by atoms with Crippen molar-refractivity contribution in [3.63, 3.8) is 0 Å². The zero-order valence-electron chi connectivity index (χ0n) is 14.2. The summed E-state index contributed by atoms with van der Waals surface area (Å²) in [6.45, 7) is 4.37. The number of anilines is 2. The molecule has 25 heavy (non-hydrogen) atoms. The van der Waals surface area contributed by atoms with Crippen molar-refractivity contribution in [2.24, 2.45) is 0 Å². The molecule has 1 fully saturated rings. The fourth-order valence-corrected chi connectivity index (χ4v) is 4.16. The molecule has 1 aliphatic heterocycles. The van der Waals surface area contributed by atoms with Crippen molar-refractivity contribution in [1.29, 1.82) is 5.26 Å². The maximum absolute atomic E-state index is 11.9. The predicted molar refractivity (Wildman–Crippen MR) is 101 cm³/mol. The lowest BCUT2D eigenvalue weighted by atomic mass is 10.2. The Balaban J connectivity index is 1.71. The topological polar surface area (TPSA) is 85.4 Å². The SMILES string of the molecule is CNC(=O)c1sc(N2CCN(Cc3ccccc3)CC2)c(C#N)c1N. The number of nitriles is 1. The van der Waals surface area contributed by atoms with Gasteiger partial charge in [0.05, 0.1) is 5.69 Å². The number of hydrogen-bond donors (Lipinski definition) is 2. The van der Waals surface area contributed by atoms with Gasteiger partial charge in [-0.1, -0.05) is 30.3 Å². The molecule has 0 spiro atoms. The number of nitrogen functional groups attached to an aromatic ring is 1. The average Bonchev–Trinajstić information content (AvgIpc) is 2.99. The molecule has 1 saturated heterocycles. The number of piperazine rings is 1. The number of carbonyl (C=O) groups excluding carboxylic acids is 1. The van der Waals surface area contributed by atoms with Crippen molar-refractivity contribution in [2.75, 3.05) is 43.9 Å². The number of benzene rings is 1. The van der Waals surface area contributed by atoms with E-state index in [2.05, 4.69) is 45.5 Å². The molecule has 6 nitrogen and oxygen atoms in total. The van der Waals surface area contributed by atoms with Crippen LogP contribution >= 0.6 is 11.3 Å². The van der Waals surface area contributed by atoms with Crippen LogP contribution in [0.5, 0.6) is 0 Å². The second-order valence-electron chi connectivity index (χ2n) is 5.96. The van der Waals surface area contributed by atoms with Crippen molar-refractivity contribution in [1.82, 2.24) is 10.2 Å². The Hall–Kier alpha value is -2.56. The van der Waals surface area contributed by atoms with Gasteiger partial charge >= 0.3 is 0 Å². The number of amides is 1. The highest BCUT2D eigenvalue weighted by molar-refractivity contribution is 7.19. The van der Waals surface area contributed by atoms with Gasteiger partial charge in [-0.25, -0.2) is 0 Å². The molecule has 2 heterocycles. The van der Waals surface area contributed by atoms with Gasteiger partial charge in [0.1, 0.15) is 21.5 Å². The summed E-state index contributed by atoms with van der Waals surface area (Å²) in [6, 6.07) is 12.6. The van der Waals surface area contributed by atoms with E-state index in [0.717, 1.165) is 37.7 Å². The van der Waals surface area contributed by atoms with Crippen molar-refractivity contribution < 1.29 is 4.79 Å². The maximum atomic E-state index is 11.9. The quantitative estimate of drug-likeness (QED) is 0.875. The van der Waals surface area contributed by atoms with Gasteiger partial charge in [0.25, 0.3) is 5.91 Å². The second kappa shape index (κ2) is 7.55. The highest BCUT2D eigenvalue weighted by atomic mass is 32.1. The number of nitrogens with zero attached hydrogens (tertiary/aromatic N) is 3. The van der Waals surface area contributed by atoms with Crippen molar-refractivity contribution in [2.45, 2.75) is 6.54 Å². The second-order valence-corrected chi connectivity index (χ2v) is 6.96. The van der Waals surface area contributed by atoms with Gasteiger partial charge in [0.15, 0.2) is 0 Å². The van der Waals surface area contributed by atoms with Gasteiger partial charge in [0.2, 0.25) is 0 Å². The molecular formula is C18H21N5OS. The Morgan fingerprint density at radius 2 is 1.96 bits per heavy atom. The van der Waals surface area contributed by atoms with E-state index in [-0.39, 0.29) is 11.6 Å². The summed E-state index contributed by atoms with van der Waals surface area (Å²) >= 11 is 1.30. The number of nitrogens with two attached hydrogens (primary N) is 1. The van der Waals surface area contributed by atoms with Crippen LogP contribution in [-0.2, 0) is 6.54 Å². The van der Waals surface area contributed by atoms with Crippen LogP contribution in [0, 0.1) is 11.3 Å². The summed E-state index contributed by atoms with van der Waals surface area (Å²) in [5.41, 5.74) is 8.02. The zero-order chi connectivity index (χ0) is 17.8. The maximum Gasteiger partial charge on any atom is 0.263 e. The molecule has 0 saturated carbocycles. The molecule has 1 aliphatic rings. The third kappa shape index (κ3) is 3.60. The van der Waals surface area contributed by atoms with Gasteiger partial charge in [-0.3, -0.25) is 9.69 Å². The van der Waals surface area contributed by atoms with Crippen LogP contribution in [0.3, 0.4) is 0 Å². The van der Waals surface area contributed by atoms with Gasteiger partial charge < -0.3 is 16.0 Å². The molecule has 1 aromatic carbocycles. The Morgan fingerprint density at radius 3 is 2.56 bits per heavy atom. The van der Waals surface area contributed by atoms with Gasteiger partial charge in [-0.05, 0) is 5.56 Å². The third-order valence-electron chi connectivity index (χ3n) is 4.38. The van der Waals surface area contributed by atoms with E-state index in [0.29, 0.717) is 10.4 Å². The molecule has 0 unspecified atom stereocenters. The van der Waals surface area contributed by atoms with Crippen molar-refractivity contribution in [3.8, 4) is 6.07 Å². The standard InChI is InChI=1S/C18H21N5OS/c1-21-17(24)16-15(20)14(11-19)18(25-16)23-9-7-22(8-10-23)12-13-5-3-2-4-6-13/h2-6H,7-10,12,20H2,1H3,(H,21,24). The first kappa shape index (κ1) is 17.3. The highest BCUT2D eigenvalue weighted by Crippen LogP contribution is 2.38. The minimum absolute atomic E-state index is 0.243. The molecule has 7 heteroatoms. The summed E-state index contributed by atoms with van der Waals surface area (Å²) in [5.74, 6) is -0.243. The fourth-order valence-electron chi connectivity index (χ4n) is 3.00. The summed E-state index contributed by atoms with van der Waals surface area (Å²) in [5, 5.41) is 12.8. The van der Waals surface area contributed by atoms with Crippen LogP contribution in [0.1, 0.15) is 20.8 Å². The molecular weight excluding hydrogens is 334 g/mol. The fraction of sp³-hybridized carbons (Fsp3) is 0.333. The van der Waals surface area contributed by atoms with E-state index >= 15 is 0 Å². The van der Waals surface area contributed by atoms with E-state index in [1.807, 2.05) is 6.07 Å². The van der Waals surface area contributed by atoms with E-state index < -0.39 is 0 Å². The smallest absolute Gasteiger partial charge is 0.263 e. The highest BCUT2D eigenvalue weighted by Gasteiger charge is 2.26. The van der Waals surface area contributed by atoms with Crippen LogP contribution in [0.15, 0.2) is 30.3 Å². The number of thiophene rings is 1. The summed E-state index contributed by atoms with van der Waals surface area (Å²) in [4.78, 5) is 16.9. The first-order valence-corrected chi connectivity index (χ1v) is 9.01. The normalized spacial score (nSPS) is 15.0. The molecule has 3 rings (SSSR count). The largest absolute Gasteiger partial charge is 0.396 e. The Labute approximate surface area is 151 Å². The van der Waals surface area contributed by atoms with Crippen LogP contribution in [0.25, 0.3) is 0 Å². The van der Waals surface area contributed by atoms with E-state index in [1.54, 1.807) is 7.05 Å². The Kier molecular flexibility index (Phi) is 5.22. The van der Waals surface area contributed by atoms with Gasteiger partial charge in [0, 0.05) is 39.8 Å². The van der Waals surface area contributed by atoms with Crippen molar-refractivity contribution >= 4 is 27.9 Å². The first-order valence-electron chi connectivity index (χ1n) is 8.19. The van der Waals surface area contributed by atoms with E-state index in [1.165, 1.54) is 16.9 Å². The molecule has 0 bridgehead atoms. The summed E-state index contributed by atoms with van der Waals surface area (Å²) in [6.07, 6.45) is 0. The number of carbonyl (C=O) groups is 1. The van der Waals surface area contributed by atoms with Gasteiger partial charge in [-0.15, -0.1) is 11.3 Å². The van der Waals surface area contributed by atoms with Crippen molar-refractivity contribution in [3.05, 3.63) is 46.3 Å². The monoisotopic (exact) mass is 355 g/mol. The first-order chi connectivity index (χ1) is 12.1. The number of hydrogen-bond acceptors (Lipinski definition) is 6.